The van der Waals surface area contributed by atoms with Crippen LogP contribution in [0.5, 0.6) is 0 Å². The first-order valence-electron chi connectivity index (χ1n) is 8.99. The lowest BCUT2D eigenvalue weighted by Gasteiger charge is -2.32. The van der Waals surface area contributed by atoms with Crippen molar-refractivity contribution in [3.63, 3.8) is 0 Å². The molecule has 130 valence electrons. The molecule has 0 radical (unpaired) electrons. The topological polar surface area (TPSA) is 48.0 Å². The van der Waals surface area contributed by atoms with Gasteiger partial charge in [0.25, 0.3) is 0 Å². The van der Waals surface area contributed by atoms with Crippen molar-refractivity contribution < 1.29 is 4.90 Å². The molecule has 3 aromatic rings. The first-order valence-corrected chi connectivity index (χ1v) is 9.87. The largest absolute Gasteiger partial charge is 0.322 e. The quantitative estimate of drug-likeness (QED) is 0.764. The number of rotatable bonds is 5. The molecule has 2 aromatic heterocycles. The second-order valence-electron chi connectivity index (χ2n) is 6.97. The van der Waals surface area contributed by atoms with Crippen molar-refractivity contribution in [2.45, 2.75) is 32.4 Å². The molecule has 1 N–H and O–H groups in total. The highest BCUT2D eigenvalue weighted by atomic mass is 32.1. The normalized spacial score (nSPS) is 22.0. The van der Waals surface area contributed by atoms with Crippen molar-refractivity contribution >= 4 is 11.3 Å². The van der Waals surface area contributed by atoms with E-state index in [9.17, 15) is 0 Å². The second kappa shape index (κ2) is 7.45. The number of nitrogens with one attached hydrogen (secondary N) is 1. The first-order chi connectivity index (χ1) is 12.3. The van der Waals surface area contributed by atoms with Gasteiger partial charge in [-0.25, -0.2) is 4.68 Å². The van der Waals surface area contributed by atoms with Crippen LogP contribution in [-0.4, -0.2) is 33.3 Å². The van der Waals surface area contributed by atoms with Gasteiger partial charge in [0.15, 0.2) is 6.04 Å². The van der Waals surface area contributed by atoms with E-state index < -0.39 is 0 Å². The molecule has 3 heterocycles. The maximum atomic E-state index is 4.45. The van der Waals surface area contributed by atoms with Crippen LogP contribution in [0.15, 0.2) is 47.8 Å². The second-order valence-corrected chi connectivity index (χ2v) is 7.95. The minimum absolute atomic E-state index is 0.228. The van der Waals surface area contributed by atoms with Gasteiger partial charge in [-0.2, -0.15) is 0 Å². The summed E-state index contributed by atoms with van der Waals surface area (Å²) in [5, 5.41) is 14.9. The van der Waals surface area contributed by atoms with Crippen molar-refractivity contribution in [1.29, 1.82) is 0 Å². The van der Waals surface area contributed by atoms with E-state index >= 15 is 0 Å². The third-order valence-corrected chi connectivity index (χ3v) is 6.08. The Morgan fingerprint density at radius 3 is 2.68 bits per heavy atom. The summed E-state index contributed by atoms with van der Waals surface area (Å²) in [4.78, 5) is 2.94. The molecule has 4 rings (SSSR count). The third-order valence-electron chi connectivity index (χ3n) is 5.15. The highest BCUT2D eigenvalue weighted by Gasteiger charge is 2.34. The lowest BCUT2D eigenvalue weighted by molar-refractivity contribution is -0.931. The standard InChI is InChI=1S/C19H23N5S/c1-15-9-11-23(12-10-15)18(17-8-5-13-25-17)19-20-21-22-24(19)14-16-6-3-2-4-7-16/h2-8,13,15,18H,9-12,14H2,1H3/p+1/t18-/m0/s1. The van der Waals surface area contributed by atoms with Crippen LogP contribution in [0.2, 0.25) is 0 Å². The molecule has 0 saturated carbocycles. The molecule has 1 aromatic carbocycles. The van der Waals surface area contributed by atoms with Crippen LogP contribution in [0.25, 0.3) is 0 Å². The summed E-state index contributed by atoms with van der Waals surface area (Å²) in [5.74, 6) is 1.81. The minimum Gasteiger partial charge on any atom is -0.322 e. The smallest absolute Gasteiger partial charge is 0.215 e. The van der Waals surface area contributed by atoms with Crippen LogP contribution >= 0.6 is 11.3 Å². The highest BCUT2D eigenvalue weighted by Crippen LogP contribution is 2.23. The van der Waals surface area contributed by atoms with Crippen molar-refractivity contribution in [2.24, 2.45) is 5.92 Å². The van der Waals surface area contributed by atoms with E-state index in [1.165, 1.54) is 36.4 Å². The van der Waals surface area contributed by atoms with E-state index in [0.29, 0.717) is 6.54 Å². The van der Waals surface area contributed by atoms with Crippen LogP contribution in [0.4, 0.5) is 0 Å². The molecule has 1 fully saturated rings. The molecule has 5 nitrogen and oxygen atoms in total. The molecule has 1 aliphatic heterocycles. The van der Waals surface area contributed by atoms with E-state index in [-0.39, 0.29) is 6.04 Å². The summed E-state index contributed by atoms with van der Waals surface area (Å²) >= 11 is 1.81. The summed E-state index contributed by atoms with van der Waals surface area (Å²) in [6.45, 7) is 5.44. The van der Waals surface area contributed by atoms with Gasteiger partial charge < -0.3 is 4.90 Å². The third kappa shape index (κ3) is 3.65. The van der Waals surface area contributed by atoms with E-state index in [1.54, 1.807) is 4.90 Å². The Morgan fingerprint density at radius 2 is 1.96 bits per heavy atom. The lowest BCUT2D eigenvalue weighted by atomic mass is 9.97. The number of likely N-dealkylation sites (tertiary alicyclic amines) is 1. The predicted molar refractivity (Wildman–Crippen MR) is 98.6 cm³/mol. The molecule has 0 spiro atoms. The van der Waals surface area contributed by atoms with Crippen LogP contribution in [0.1, 0.15) is 42.1 Å². The van der Waals surface area contributed by atoms with Gasteiger partial charge in [-0.3, -0.25) is 0 Å². The zero-order valence-corrected chi connectivity index (χ0v) is 15.3. The van der Waals surface area contributed by atoms with Crippen LogP contribution < -0.4 is 4.90 Å². The number of nitrogens with zero attached hydrogens (tertiary/aromatic N) is 4. The van der Waals surface area contributed by atoms with Gasteiger partial charge >= 0.3 is 0 Å². The number of aromatic nitrogens is 4. The Balaban J connectivity index is 1.65. The molecule has 0 bridgehead atoms. The maximum absolute atomic E-state index is 4.45. The van der Waals surface area contributed by atoms with Crippen molar-refractivity contribution in [3.8, 4) is 0 Å². The average molecular weight is 355 g/mol. The molecule has 1 aliphatic rings. The van der Waals surface area contributed by atoms with E-state index in [2.05, 4.69) is 64.2 Å². The SMILES string of the molecule is CC1CC[NH+]([C@@H](c2cccs2)c2nnnn2Cc2ccccc2)CC1. The molecule has 0 aliphatic carbocycles. The Morgan fingerprint density at radius 1 is 1.16 bits per heavy atom. The summed E-state index contributed by atoms with van der Waals surface area (Å²) < 4.78 is 1.98. The van der Waals surface area contributed by atoms with Crippen molar-refractivity contribution in [3.05, 3.63) is 64.1 Å². The predicted octanol–water partition coefficient (Wildman–Crippen LogP) is 2.19. The molecule has 0 unspecified atom stereocenters. The monoisotopic (exact) mass is 354 g/mol. The average Bonchev–Trinajstić information content (AvgIpc) is 3.31. The summed E-state index contributed by atoms with van der Waals surface area (Å²) in [5.41, 5.74) is 1.23. The molecule has 1 saturated heterocycles. The molecular formula is C19H24N5S+. The Kier molecular flexibility index (Phi) is 4.90. The number of quaternary nitrogens is 1. The Labute approximate surface area is 152 Å². The lowest BCUT2D eigenvalue weighted by Crippen LogP contribution is -3.13. The number of hydrogen-bond donors (Lipinski definition) is 1. The number of benzene rings is 1. The molecule has 25 heavy (non-hydrogen) atoms. The van der Waals surface area contributed by atoms with Gasteiger partial charge in [0.2, 0.25) is 5.82 Å². The number of hydrogen-bond acceptors (Lipinski definition) is 4. The Bertz CT molecular complexity index is 775. The van der Waals surface area contributed by atoms with Gasteiger partial charge in [-0.1, -0.05) is 43.3 Å². The summed E-state index contributed by atoms with van der Waals surface area (Å²) in [6.07, 6.45) is 2.55. The molecule has 0 amide bonds. The molecule has 1 atom stereocenters. The first kappa shape index (κ1) is 16.4. The van der Waals surface area contributed by atoms with Crippen LogP contribution in [0.3, 0.4) is 0 Å². The van der Waals surface area contributed by atoms with E-state index in [0.717, 1.165) is 11.7 Å². The van der Waals surface area contributed by atoms with Crippen molar-refractivity contribution in [2.75, 3.05) is 13.1 Å². The number of piperidine rings is 1. The van der Waals surface area contributed by atoms with E-state index in [1.807, 2.05) is 22.1 Å². The van der Waals surface area contributed by atoms with Gasteiger partial charge in [0.1, 0.15) is 0 Å². The van der Waals surface area contributed by atoms with E-state index in [4.69, 9.17) is 0 Å². The maximum Gasteiger partial charge on any atom is 0.215 e. The Hall–Kier alpha value is -2.05. The molecule has 6 heteroatoms. The fourth-order valence-corrected chi connectivity index (χ4v) is 4.55. The van der Waals surface area contributed by atoms with Gasteiger partial charge in [0.05, 0.1) is 24.5 Å². The van der Waals surface area contributed by atoms with Crippen LogP contribution in [-0.2, 0) is 6.54 Å². The highest BCUT2D eigenvalue weighted by molar-refractivity contribution is 7.10. The molecular weight excluding hydrogens is 330 g/mol. The summed E-state index contributed by atoms with van der Waals surface area (Å²) in [7, 11) is 0. The number of tetrazole rings is 1. The van der Waals surface area contributed by atoms with Crippen LogP contribution in [0, 0.1) is 5.92 Å². The zero-order valence-electron chi connectivity index (χ0n) is 14.5. The fraction of sp³-hybridized carbons (Fsp3) is 0.421. The summed E-state index contributed by atoms with van der Waals surface area (Å²) in [6, 6.07) is 15.0. The fourth-order valence-electron chi connectivity index (χ4n) is 3.68. The number of thiophene rings is 1. The van der Waals surface area contributed by atoms with Gasteiger partial charge in [-0.05, 0) is 46.2 Å². The minimum atomic E-state index is 0.228. The van der Waals surface area contributed by atoms with Gasteiger partial charge in [0, 0.05) is 0 Å². The van der Waals surface area contributed by atoms with Gasteiger partial charge in [-0.15, -0.1) is 16.4 Å². The zero-order chi connectivity index (χ0) is 17.1. The van der Waals surface area contributed by atoms with Crippen molar-refractivity contribution in [1.82, 2.24) is 20.2 Å².